The lowest BCUT2D eigenvalue weighted by Crippen LogP contribution is -2.34. The van der Waals surface area contributed by atoms with Crippen LogP contribution in [-0.4, -0.2) is 11.9 Å². The lowest BCUT2D eigenvalue weighted by atomic mass is 10.0. The normalized spacial score (nSPS) is 12.7. The molecule has 0 saturated carbocycles. The van der Waals surface area contributed by atoms with Crippen molar-refractivity contribution in [3.8, 4) is 0 Å². The second-order valence-corrected chi connectivity index (χ2v) is 5.81. The number of hydrogen-bond donors (Lipinski definition) is 1. The average Bonchev–Trinajstić information content (AvgIpc) is 2.34. The third-order valence-corrected chi connectivity index (χ3v) is 3.46. The summed E-state index contributed by atoms with van der Waals surface area (Å²) in [6.07, 6.45) is 10.4. The van der Waals surface area contributed by atoms with Gasteiger partial charge in [-0.05, 0) is 25.2 Å². The highest BCUT2D eigenvalue weighted by Crippen LogP contribution is 2.10. The lowest BCUT2D eigenvalue weighted by Gasteiger charge is -2.17. The zero-order valence-electron chi connectivity index (χ0n) is 12.9. The fourth-order valence-corrected chi connectivity index (χ4v) is 2.09. The van der Waals surface area contributed by atoms with E-state index in [4.69, 9.17) is 0 Å². The van der Waals surface area contributed by atoms with Crippen LogP contribution in [0.15, 0.2) is 0 Å². The van der Waals surface area contributed by atoms with E-state index in [0.29, 0.717) is 18.4 Å². The van der Waals surface area contributed by atoms with E-state index in [0.717, 1.165) is 19.3 Å². The minimum atomic E-state index is 0.240. The van der Waals surface area contributed by atoms with Crippen molar-refractivity contribution >= 4 is 5.91 Å². The second-order valence-electron chi connectivity index (χ2n) is 5.81. The molecule has 0 aromatic carbocycles. The van der Waals surface area contributed by atoms with Gasteiger partial charge >= 0.3 is 0 Å². The van der Waals surface area contributed by atoms with Gasteiger partial charge in [0.15, 0.2) is 0 Å². The van der Waals surface area contributed by atoms with Crippen molar-refractivity contribution in [1.29, 1.82) is 0 Å². The molecule has 0 rings (SSSR count). The van der Waals surface area contributed by atoms with Crippen LogP contribution in [0.2, 0.25) is 0 Å². The van der Waals surface area contributed by atoms with E-state index in [9.17, 15) is 4.79 Å². The van der Waals surface area contributed by atoms with Crippen LogP contribution in [0.25, 0.3) is 0 Å². The molecule has 0 aromatic rings. The number of hydrogen-bond acceptors (Lipinski definition) is 1. The predicted octanol–water partition coefficient (Wildman–Crippen LogP) is 4.68. The summed E-state index contributed by atoms with van der Waals surface area (Å²) >= 11 is 0. The molecule has 0 heterocycles. The number of amides is 1. The van der Waals surface area contributed by atoms with Crippen LogP contribution in [0.4, 0.5) is 0 Å². The molecule has 0 aliphatic carbocycles. The van der Waals surface area contributed by atoms with Gasteiger partial charge in [-0.1, -0.05) is 59.8 Å². The van der Waals surface area contributed by atoms with Crippen molar-refractivity contribution in [1.82, 2.24) is 5.32 Å². The molecule has 0 radical (unpaired) electrons. The van der Waals surface area contributed by atoms with Crippen LogP contribution in [0.1, 0.15) is 85.5 Å². The van der Waals surface area contributed by atoms with Gasteiger partial charge < -0.3 is 5.32 Å². The maximum Gasteiger partial charge on any atom is 0.220 e. The molecule has 0 bridgehead atoms. The van der Waals surface area contributed by atoms with Gasteiger partial charge in [0.05, 0.1) is 0 Å². The average molecular weight is 255 g/mol. The Morgan fingerprint density at radius 1 is 1.00 bits per heavy atom. The summed E-state index contributed by atoms with van der Waals surface area (Å²) in [6, 6.07) is 0.395. The van der Waals surface area contributed by atoms with E-state index >= 15 is 0 Å². The van der Waals surface area contributed by atoms with Crippen molar-refractivity contribution in [2.75, 3.05) is 0 Å². The minimum Gasteiger partial charge on any atom is -0.353 e. The summed E-state index contributed by atoms with van der Waals surface area (Å²) in [7, 11) is 0. The fraction of sp³-hybridized carbons (Fsp3) is 0.938. The molecule has 0 fully saturated rings. The molecule has 0 aliphatic heterocycles. The Labute approximate surface area is 114 Å². The SMILES string of the molecule is CCCCCCCC(CC)NC(=O)CCC(C)C. The maximum atomic E-state index is 11.7. The second kappa shape index (κ2) is 11.6. The maximum absolute atomic E-state index is 11.7. The largest absolute Gasteiger partial charge is 0.353 e. The van der Waals surface area contributed by atoms with E-state index < -0.39 is 0 Å². The topological polar surface area (TPSA) is 29.1 Å². The van der Waals surface area contributed by atoms with Crippen molar-refractivity contribution in [3.63, 3.8) is 0 Å². The summed E-state index contributed by atoms with van der Waals surface area (Å²) in [5.41, 5.74) is 0. The summed E-state index contributed by atoms with van der Waals surface area (Å²) in [5, 5.41) is 3.17. The monoisotopic (exact) mass is 255 g/mol. The Balaban J connectivity index is 3.65. The highest BCUT2D eigenvalue weighted by Gasteiger charge is 2.10. The first-order valence-electron chi connectivity index (χ1n) is 7.89. The van der Waals surface area contributed by atoms with Gasteiger partial charge in [0.2, 0.25) is 5.91 Å². The summed E-state index contributed by atoms with van der Waals surface area (Å²) in [4.78, 5) is 11.7. The van der Waals surface area contributed by atoms with E-state index in [1.165, 1.54) is 32.1 Å². The van der Waals surface area contributed by atoms with E-state index in [-0.39, 0.29) is 5.91 Å². The molecule has 1 atom stereocenters. The standard InChI is InChI=1S/C16H33NO/c1-5-7-8-9-10-11-15(6-2)17-16(18)13-12-14(3)4/h14-15H,5-13H2,1-4H3,(H,17,18). The van der Waals surface area contributed by atoms with Crippen LogP contribution in [0, 0.1) is 5.92 Å². The molecule has 2 nitrogen and oxygen atoms in total. The van der Waals surface area contributed by atoms with Crippen molar-refractivity contribution < 1.29 is 4.79 Å². The van der Waals surface area contributed by atoms with Gasteiger partial charge in [-0.25, -0.2) is 0 Å². The Hall–Kier alpha value is -0.530. The first-order valence-corrected chi connectivity index (χ1v) is 7.89. The summed E-state index contributed by atoms with van der Waals surface area (Å²) in [5.74, 6) is 0.856. The zero-order chi connectivity index (χ0) is 13.8. The zero-order valence-corrected chi connectivity index (χ0v) is 12.9. The molecule has 108 valence electrons. The van der Waals surface area contributed by atoms with Crippen molar-refractivity contribution in [3.05, 3.63) is 0 Å². The number of carbonyl (C=O) groups excluding carboxylic acids is 1. The third-order valence-electron chi connectivity index (χ3n) is 3.46. The van der Waals surface area contributed by atoms with Crippen molar-refractivity contribution in [2.24, 2.45) is 5.92 Å². The Morgan fingerprint density at radius 3 is 2.22 bits per heavy atom. The smallest absolute Gasteiger partial charge is 0.220 e. The highest BCUT2D eigenvalue weighted by molar-refractivity contribution is 5.76. The van der Waals surface area contributed by atoms with Crippen LogP contribution < -0.4 is 5.32 Å². The molecule has 0 aliphatic rings. The van der Waals surface area contributed by atoms with Gasteiger partial charge in [-0.15, -0.1) is 0 Å². The molecule has 18 heavy (non-hydrogen) atoms. The summed E-state index contributed by atoms with van der Waals surface area (Å²) in [6.45, 7) is 8.74. The van der Waals surface area contributed by atoms with Gasteiger partial charge in [0.1, 0.15) is 0 Å². The number of rotatable bonds is 11. The Morgan fingerprint density at radius 2 is 1.67 bits per heavy atom. The highest BCUT2D eigenvalue weighted by atomic mass is 16.1. The first kappa shape index (κ1) is 17.5. The number of nitrogens with one attached hydrogen (secondary N) is 1. The third kappa shape index (κ3) is 10.6. The van der Waals surface area contributed by atoms with Crippen LogP contribution in [0.3, 0.4) is 0 Å². The molecule has 2 heteroatoms. The van der Waals surface area contributed by atoms with E-state index in [1.54, 1.807) is 0 Å². The minimum absolute atomic E-state index is 0.240. The first-order chi connectivity index (χ1) is 8.60. The van der Waals surface area contributed by atoms with Gasteiger partial charge in [-0.3, -0.25) is 4.79 Å². The van der Waals surface area contributed by atoms with Crippen LogP contribution in [-0.2, 0) is 4.79 Å². The molecular formula is C16H33NO. The molecule has 0 aromatic heterocycles. The number of unbranched alkanes of at least 4 members (excludes halogenated alkanes) is 4. The van der Waals surface area contributed by atoms with Crippen LogP contribution in [0.5, 0.6) is 0 Å². The molecular weight excluding hydrogens is 222 g/mol. The van der Waals surface area contributed by atoms with Gasteiger partial charge in [0.25, 0.3) is 0 Å². The Bertz CT molecular complexity index is 201. The van der Waals surface area contributed by atoms with E-state index in [1.807, 2.05) is 0 Å². The van der Waals surface area contributed by atoms with Gasteiger partial charge in [0, 0.05) is 12.5 Å². The van der Waals surface area contributed by atoms with Crippen molar-refractivity contribution in [2.45, 2.75) is 91.5 Å². The molecule has 1 N–H and O–H groups in total. The Kier molecular flexibility index (Phi) is 11.2. The van der Waals surface area contributed by atoms with Gasteiger partial charge in [-0.2, -0.15) is 0 Å². The number of carbonyl (C=O) groups is 1. The quantitative estimate of drug-likeness (QED) is 0.534. The van der Waals surface area contributed by atoms with Crippen LogP contribution >= 0.6 is 0 Å². The fourth-order valence-electron chi connectivity index (χ4n) is 2.09. The molecule has 1 amide bonds. The molecule has 0 spiro atoms. The summed E-state index contributed by atoms with van der Waals surface area (Å²) < 4.78 is 0. The van der Waals surface area contributed by atoms with E-state index in [2.05, 4.69) is 33.0 Å². The molecule has 1 unspecified atom stereocenters. The predicted molar refractivity (Wildman–Crippen MR) is 79.7 cm³/mol. The molecule has 0 saturated heterocycles. The lowest BCUT2D eigenvalue weighted by molar-refractivity contribution is -0.122.